The van der Waals surface area contributed by atoms with Gasteiger partial charge in [-0.3, -0.25) is 43.2 Å². The molecule has 4 aromatic heterocycles. The minimum absolute atomic E-state index is 0.0212. The molecule has 2 amide bonds. The van der Waals surface area contributed by atoms with Crippen LogP contribution in [0.3, 0.4) is 0 Å². The van der Waals surface area contributed by atoms with Crippen LogP contribution in [0.25, 0.3) is 22.2 Å². The molecule has 2 saturated heterocycles. The van der Waals surface area contributed by atoms with Gasteiger partial charge in [0.15, 0.2) is 45.9 Å². The highest BCUT2D eigenvalue weighted by atomic mass is 35.5. The average molecular weight is 1610 g/mol. The van der Waals surface area contributed by atoms with Gasteiger partial charge in [-0.05, 0) is 141 Å². The Hall–Kier alpha value is -8.35. The number of ketones is 7. The van der Waals surface area contributed by atoms with Gasteiger partial charge in [-0.15, -0.1) is 0 Å². The van der Waals surface area contributed by atoms with Gasteiger partial charge in [0, 0.05) is 106 Å². The van der Waals surface area contributed by atoms with Crippen LogP contribution in [0.5, 0.6) is 23.3 Å². The monoisotopic (exact) mass is 1610 g/mol. The highest BCUT2D eigenvalue weighted by molar-refractivity contribution is 6.38. The highest BCUT2D eigenvalue weighted by Gasteiger charge is 2.50. The zero-order chi connectivity index (χ0) is 81.7. The van der Waals surface area contributed by atoms with Crippen molar-refractivity contribution in [2.75, 3.05) is 37.9 Å². The molecule has 2 aliphatic heterocycles. The second-order valence-electron chi connectivity index (χ2n) is 34.9. The number of methoxy groups -OCH3 is 2. The summed E-state index contributed by atoms with van der Waals surface area (Å²) in [5.41, 5.74) is 0.996. The number of rotatable bonds is 38. The van der Waals surface area contributed by atoms with Gasteiger partial charge in [-0.2, -0.15) is 9.97 Å². The first-order valence-corrected chi connectivity index (χ1v) is 42.2. The van der Waals surface area contributed by atoms with Crippen molar-refractivity contribution in [3.63, 3.8) is 0 Å². The zero-order valence-corrected chi connectivity index (χ0v) is 69.4. The highest BCUT2D eigenvalue weighted by Crippen LogP contribution is 2.43. The molecule has 1 unspecified atom stereocenters. The summed E-state index contributed by atoms with van der Waals surface area (Å²) in [6, 6.07) is 14.7. The second-order valence-corrected chi connectivity index (χ2v) is 35.8. The molecule has 11 atom stereocenters. The number of nitrogens with one attached hydrogen (secondary N) is 2. The van der Waals surface area contributed by atoms with Gasteiger partial charge in [0.1, 0.15) is 40.8 Å². The Kier molecular flexibility index (Phi) is 29.6. The van der Waals surface area contributed by atoms with E-state index in [0.29, 0.717) is 93.5 Å². The van der Waals surface area contributed by atoms with Gasteiger partial charge in [0.2, 0.25) is 29.4 Å². The minimum atomic E-state index is -1.24. The number of hydrogen-bond acceptors (Lipinski definition) is 22. The first-order valence-electron chi connectivity index (χ1n) is 41.5. The lowest BCUT2D eigenvalue weighted by molar-refractivity contribution is -0.147. The molecule has 3 N–H and O–H groups in total. The smallest absolute Gasteiger partial charge is 0.296 e. The van der Waals surface area contributed by atoms with Gasteiger partial charge in [-0.1, -0.05) is 130 Å². The van der Waals surface area contributed by atoms with Crippen molar-refractivity contribution in [1.82, 2.24) is 29.7 Å². The summed E-state index contributed by atoms with van der Waals surface area (Å²) in [5.74, 6) is -2.88. The van der Waals surface area contributed by atoms with Crippen molar-refractivity contribution in [1.29, 1.82) is 0 Å². The Morgan fingerprint density at radius 2 is 0.974 bits per heavy atom. The summed E-state index contributed by atoms with van der Waals surface area (Å²) < 4.78 is 35.2. The fourth-order valence-electron chi connectivity index (χ4n) is 17.1. The van der Waals surface area contributed by atoms with E-state index in [4.69, 9.17) is 51.0 Å². The van der Waals surface area contributed by atoms with Crippen LogP contribution in [0.1, 0.15) is 222 Å². The van der Waals surface area contributed by atoms with E-state index < -0.39 is 88.5 Å². The maximum Gasteiger partial charge on any atom is 0.296 e. The molecule has 6 fully saturated rings. The number of oxazole rings is 2. The summed E-state index contributed by atoms with van der Waals surface area (Å²) in [6.45, 7) is 15.7. The normalized spacial score (nSPS) is 20.8. The molecule has 0 bridgehead atoms. The third-order valence-electron chi connectivity index (χ3n) is 24.0. The quantitative estimate of drug-likeness (QED) is 0.0303. The van der Waals surface area contributed by atoms with E-state index in [-0.39, 0.29) is 129 Å². The fraction of sp³-hybridized carbons (Fsp3) is 0.625. The molecular formula is C88H116Cl2N8O16. The lowest BCUT2D eigenvalue weighted by atomic mass is 9.74. The van der Waals surface area contributed by atoms with E-state index in [1.807, 2.05) is 55.4 Å². The number of aliphatic hydroxyl groups is 1. The number of benzene rings is 2. The average Bonchev–Trinajstić information content (AvgIpc) is 1.57. The van der Waals surface area contributed by atoms with Crippen molar-refractivity contribution < 1.29 is 76.0 Å². The topological polar surface area (TPSA) is 319 Å². The van der Waals surface area contributed by atoms with E-state index >= 15 is 0 Å². The third-order valence-corrected chi connectivity index (χ3v) is 24.4. The number of aromatic nitrogens is 4. The molecule has 618 valence electrons. The van der Waals surface area contributed by atoms with E-state index in [9.17, 15) is 48.3 Å². The fourth-order valence-corrected chi connectivity index (χ4v) is 17.3. The van der Waals surface area contributed by atoms with Gasteiger partial charge >= 0.3 is 0 Å². The SMILES string of the molecule is CCC[C@H](CC(=O)[C@@H]1C[C@@H](Oc2ccc(Cl)cn2)CN1C(=O)[C@@H](CC(=O)[C@@H](Nc1nc2cc(OC)ccc2o1)C1CCCCC1)C(C)(C)C)C(=O)C(=O)CC1CC1.CCC[C@H](CC(=O)[C@@H]1C[C@@H](Oc2ccc(Cl)cn2)CN1C(=O)[C@@H](CC(=O)[C@@H](Nc1nc2cc(OC)ccc2o1)C1CCCCC1)C(C)(C)C)C(O)C(=O)CC1CC1. The van der Waals surface area contributed by atoms with Crippen molar-refractivity contribution in [3.8, 4) is 23.3 Å². The molecule has 24 nitrogen and oxygen atoms in total. The molecule has 4 aliphatic carbocycles. The molecule has 2 aromatic carbocycles. The Morgan fingerprint density at radius 3 is 1.37 bits per heavy atom. The number of nitrogens with zero attached hydrogens (tertiary/aromatic N) is 6. The van der Waals surface area contributed by atoms with Crippen LogP contribution >= 0.6 is 23.2 Å². The molecule has 6 aliphatic rings. The number of carbonyl (C=O) groups excluding carboxylic acids is 9. The first-order chi connectivity index (χ1) is 54.5. The van der Waals surface area contributed by atoms with E-state index in [1.54, 1.807) is 84.7 Å². The molecule has 6 aromatic rings. The molecular weight excluding hydrogens is 1500 g/mol. The number of aliphatic hydroxyl groups excluding tert-OH is 1. The van der Waals surface area contributed by atoms with Crippen LogP contribution in [0.4, 0.5) is 12.0 Å². The molecule has 0 spiro atoms. The standard InChI is InChI=1S/C44H59ClN4O8.C44H57ClN4O8/c2*1-6-10-28(41(53)37(52)19-26-13-14-26)20-35(50)34-22-31(56-39-18-15-29(45)24-46-39)25-49(34)42(54)32(44(2,3)4)23-36(51)40(27-11-8-7-9-12-27)48-43-47-33-21-30(55-5)16-17-38(33)57-43/h15-18,21,24,26-28,31-32,34,40-41,53H,6-14,19-20,22-23,25H2,1-5H3,(H,47,48);15-18,21,24,26-28,31-32,34,40H,6-14,19-20,22-23,25H2,1-5H3,(H,47,48)/t28-,31-,32-,34+,40+,41?;28-,31-,32-,34+,40+/m11/s1. The van der Waals surface area contributed by atoms with Crippen molar-refractivity contribution in [2.24, 2.45) is 58.2 Å². The van der Waals surface area contributed by atoms with E-state index in [0.717, 1.165) is 89.9 Å². The minimum Gasteiger partial charge on any atom is -0.497 e. The number of Topliss-reactive ketones (excluding diaryl/α,β-unsaturated/α-hetero) is 7. The van der Waals surface area contributed by atoms with Crippen LogP contribution < -0.4 is 29.6 Å². The number of pyridine rings is 2. The zero-order valence-electron chi connectivity index (χ0n) is 67.9. The van der Waals surface area contributed by atoms with Crippen molar-refractivity contribution in [2.45, 2.75) is 265 Å². The van der Waals surface area contributed by atoms with Gasteiger partial charge in [0.25, 0.3) is 12.0 Å². The summed E-state index contributed by atoms with van der Waals surface area (Å²) in [4.78, 5) is 148. The number of anilines is 2. The Morgan fingerprint density at radius 1 is 0.544 bits per heavy atom. The summed E-state index contributed by atoms with van der Waals surface area (Å²) in [5, 5.41) is 18.7. The summed E-state index contributed by atoms with van der Waals surface area (Å²) in [7, 11) is 3.17. The van der Waals surface area contributed by atoms with Crippen LogP contribution in [-0.4, -0.2) is 157 Å². The van der Waals surface area contributed by atoms with Crippen molar-refractivity contribution in [3.05, 3.63) is 83.1 Å². The van der Waals surface area contributed by atoms with Gasteiger partial charge in [0.05, 0.1) is 61.5 Å². The predicted octanol–water partition coefficient (Wildman–Crippen LogP) is 16.3. The Balaban J connectivity index is 0.000000225. The number of halogens is 2. The number of likely N-dealkylation sites (tertiary alicyclic amines) is 2. The molecule has 26 heteroatoms. The molecule has 12 rings (SSSR count). The number of fused-ring (bicyclic) bond motifs is 2. The van der Waals surface area contributed by atoms with Crippen LogP contribution in [0, 0.1) is 58.2 Å². The van der Waals surface area contributed by atoms with Crippen LogP contribution in [-0.2, 0) is 43.2 Å². The van der Waals surface area contributed by atoms with Crippen molar-refractivity contribution >= 4 is 110 Å². The lowest BCUT2D eigenvalue weighted by Crippen LogP contribution is -2.49. The number of carbonyl (C=O) groups is 9. The van der Waals surface area contributed by atoms with Gasteiger partial charge in [-0.25, -0.2) is 9.97 Å². The molecule has 0 radical (unpaired) electrons. The first kappa shape index (κ1) is 86.5. The molecule has 114 heavy (non-hydrogen) atoms. The van der Waals surface area contributed by atoms with E-state index in [1.165, 1.54) is 12.4 Å². The Labute approximate surface area is 679 Å². The summed E-state index contributed by atoms with van der Waals surface area (Å²) in [6.07, 6.45) is 16.9. The summed E-state index contributed by atoms with van der Waals surface area (Å²) >= 11 is 12.1. The Bertz CT molecular complexity index is 4320. The number of hydrogen-bond donors (Lipinski definition) is 3. The lowest BCUT2D eigenvalue weighted by Gasteiger charge is -2.36. The molecule has 4 saturated carbocycles. The predicted molar refractivity (Wildman–Crippen MR) is 434 cm³/mol. The van der Waals surface area contributed by atoms with Crippen LogP contribution in [0.15, 0.2) is 81.9 Å². The number of amides is 2. The third kappa shape index (κ3) is 23.1. The van der Waals surface area contributed by atoms with E-state index in [2.05, 4.69) is 30.6 Å². The largest absolute Gasteiger partial charge is 0.497 e. The van der Waals surface area contributed by atoms with Crippen LogP contribution in [0.2, 0.25) is 10.0 Å². The maximum atomic E-state index is 15.0. The molecule has 6 heterocycles. The second kappa shape index (κ2) is 39.1. The number of ether oxygens (including phenoxy) is 4. The maximum absolute atomic E-state index is 15.0. The van der Waals surface area contributed by atoms with Gasteiger partial charge < -0.3 is 53.3 Å².